The fraction of sp³-hybridized carbons (Fsp3) is 1.00. The molecule has 2 saturated heterocycles. The lowest BCUT2D eigenvalue weighted by molar-refractivity contribution is -0.0700. The van der Waals surface area contributed by atoms with Gasteiger partial charge >= 0.3 is 7.82 Å². The smallest absolute Gasteiger partial charge is 0.376 e. The maximum Gasteiger partial charge on any atom is 0.472 e. The summed E-state index contributed by atoms with van der Waals surface area (Å²) in [4.78, 5) is 10.2. The standard InChI is InChI=1S/C18H35O8P/c1-11(2)21-9-17-16(8-14(6)24-17)26-27(19,20)22-10-18-15(23-12(3)4)7-13(5)25-18/h11-18H,7-10H2,1-6H3,(H,19,20)/t13-,14-,15?,16?,17+,18+/m0/s1. The molecule has 0 saturated carbocycles. The van der Waals surface area contributed by atoms with Gasteiger partial charge in [-0.05, 0) is 41.5 Å². The molecule has 0 radical (unpaired) electrons. The Morgan fingerprint density at radius 1 is 0.963 bits per heavy atom. The van der Waals surface area contributed by atoms with Gasteiger partial charge in [0, 0.05) is 12.8 Å². The average Bonchev–Trinajstić information content (AvgIpc) is 3.04. The molecule has 0 spiro atoms. The van der Waals surface area contributed by atoms with E-state index in [0.717, 1.165) is 6.42 Å². The molecule has 2 heterocycles. The predicted molar refractivity (Wildman–Crippen MR) is 99.7 cm³/mol. The largest absolute Gasteiger partial charge is 0.472 e. The van der Waals surface area contributed by atoms with E-state index in [-0.39, 0.29) is 37.1 Å². The molecule has 8 nitrogen and oxygen atoms in total. The molecule has 3 unspecified atom stereocenters. The van der Waals surface area contributed by atoms with Gasteiger partial charge < -0.3 is 23.8 Å². The minimum Gasteiger partial charge on any atom is -0.376 e. The van der Waals surface area contributed by atoms with Gasteiger partial charge in [-0.3, -0.25) is 9.05 Å². The first-order chi connectivity index (χ1) is 12.6. The minimum atomic E-state index is -4.26. The first kappa shape index (κ1) is 23.2. The van der Waals surface area contributed by atoms with E-state index in [2.05, 4.69) is 0 Å². The van der Waals surface area contributed by atoms with Crippen molar-refractivity contribution in [1.29, 1.82) is 0 Å². The average molecular weight is 410 g/mol. The number of hydrogen-bond acceptors (Lipinski definition) is 7. The lowest BCUT2D eigenvalue weighted by Gasteiger charge is -2.24. The molecule has 0 aromatic rings. The molecular formula is C18H35O8P. The van der Waals surface area contributed by atoms with Crippen molar-refractivity contribution in [2.24, 2.45) is 0 Å². The Kier molecular flexibility index (Phi) is 8.71. The van der Waals surface area contributed by atoms with Crippen LogP contribution in [0, 0.1) is 0 Å². The highest BCUT2D eigenvalue weighted by atomic mass is 31.2. The zero-order valence-electron chi connectivity index (χ0n) is 17.2. The zero-order chi connectivity index (χ0) is 20.2. The van der Waals surface area contributed by atoms with Gasteiger partial charge in [-0.25, -0.2) is 4.57 Å². The first-order valence-corrected chi connectivity index (χ1v) is 11.3. The lowest BCUT2D eigenvalue weighted by atomic mass is 10.1. The Morgan fingerprint density at radius 3 is 2.07 bits per heavy atom. The zero-order valence-corrected chi connectivity index (χ0v) is 18.1. The van der Waals surface area contributed by atoms with Crippen molar-refractivity contribution in [2.75, 3.05) is 13.2 Å². The summed E-state index contributed by atoms with van der Waals surface area (Å²) in [6, 6.07) is 0. The van der Waals surface area contributed by atoms with Crippen LogP contribution in [-0.2, 0) is 32.6 Å². The molecule has 0 aromatic carbocycles. The van der Waals surface area contributed by atoms with E-state index in [9.17, 15) is 9.46 Å². The Morgan fingerprint density at radius 2 is 1.52 bits per heavy atom. The van der Waals surface area contributed by atoms with Crippen molar-refractivity contribution in [1.82, 2.24) is 0 Å². The molecule has 2 aliphatic heterocycles. The topological polar surface area (TPSA) is 92.7 Å². The summed E-state index contributed by atoms with van der Waals surface area (Å²) in [6.45, 7) is 11.8. The highest BCUT2D eigenvalue weighted by molar-refractivity contribution is 7.47. The van der Waals surface area contributed by atoms with Crippen molar-refractivity contribution in [2.45, 2.75) is 103 Å². The normalized spacial score (nSPS) is 36.6. The molecular weight excluding hydrogens is 375 g/mol. The van der Waals surface area contributed by atoms with Crippen LogP contribution in [0.25, 0.3) is 0 Å². The molecule has 160 valence electrons. The van der Waals surface area contributed by atoms with Crippen LogP contribution in [0.3, 0.4) is 0 Å². The molecule has 0 aliphatic carbocycles. The van der Waals surface area contributed by atoms with Gasteiger partial charge in [-0.15, -0.1) is 0 Å². The Bertz CT molecular complexity index is 500. The molecule has 2 aliphatic rings. The quantitative estimate of drug-likeness (QED) is 0.550. The number of rotatable bonds is 10. The third-order valence-electron chi connectivity index (χ3n) is 4.48. The molecule has 27 heavy (non-hydrogen) atoms. The van der Waals surface area contributed by atoms with E-state index in [0.29, 0.717) is 13.0 Å². The van der Waals surface area contributed by atoms with Crippen LogP contribution >= 0.6 is 7.82 Å². The fourth-order valence-electron chi connectivity index (χ4n) is 3.39. The maximum absolute atomic E-state index is 12.4. The molecule has 7 atom stereocenters. The van der Waals surface area contributed by atoms with E-state index < -0.39 is 26.1 Å². The van der Waals surface area contributed by atoms with Gasteiger partial charge in [-0.1, -0.05) is 0 Å². The van der Waals surface area contributed by atoms with Gasteiger partial charge in [0.15, 0.2) is 0 Å². The monoisotopic (exact) mass is 410 g/mol. The molecule has 2 fully saturated rings. The summed E-state index contributed by atoms with van der Waals surface area (Å²) in [7, 11) is -4.26. The van der Waals surface area contributed by atoms with Crippen molar-refractivity contribution < 1.29 is 37.5 Å². The Labute approximate surface area is 162 Å². The van der Waals surface area contributed by atoms with Gasteiger partial charge in [0.25, 0.3) is 0 Å². The molecule has 1 N–H and O–H groups in total. The van der Waals surface area contributed by atoms with E-state index in [4.69, 9.17) is 28.0 Å². The summed E-state index contributed by atoms with van der Waals surface area (Å²) >= 11 is 0. The van der Waals surface area contributed by atoms with Crippen molar-refractivity contribution in [3.8, 4) is 0 Å². The lowest BCUT2D eigenvalue weighted by Crippen LogP contribution is -2.32. The summed E-state index contributed by atoms with van der Waals surface area (Å²) in [5.74, 6) is 0. The summed E-state index contributed by atoms with van der Waals surface area (Å²) in [6.07, 6.45) is -0.244. The number of ether oxygens (including phenoxy) is 4. The molecule has 0 amide bonds. The van der Waals surface area contributed by atoms with Crippen LogP contribution in [0.5, 0.6) is 0 Å². The second kappa shape index (κ2) is 10.1. The molecule has 2 rings (SSSR count). The maximum atomic E-state index is 12.4. The second-order valence-corrected chi connectivity index (χ2v) is 9.36. The number of hydrogen-bond donors (Lipinski definition) is 1. The highest BCUT2D eigenvalue weighted by Crippen LogP contribution is 2.48. The van der Waals surface area contributed by atoms with Crippen molar-refractivity contribution in [3.63, 3.8) is 0 Å². The Balaban J connectivity index is 1.87. The van der Waals surface area contributed by atoms with Crippen LogP contribution in [0.4, 0.5) is 0 Å². The van der Waals surface area contributed by atoms with Gasteiger partial charge in [0.2, 0.25) is 0 Å². The minimum absolute atomic E-state index is 0.0167. The summed E-state index contributed by atoms with van der Waals surface area (Å²) in [5.41, 5.74) is 0. The van der Waals surface area contributed by atoms with Crippen molar-refractivity contribution >= 4 is 7.82 Å². The number of phosphoric acid groups is 1. The van der Waals surface area contributed by atoms with Crippen LogP contribution in [0.2, 0.25) is 0 Å². The fourth-order valence-corrected chi connectivity index (χ4v) is 4.35. The van der Waals surface area contributed by atoms with Crippen LogP contribution in [-0.4, -0.2) is 66.9 Å². The van der Waals surface area contributed by atoms with E-state index >= 15 is 0 Å². The Hall–Kier alpha value is -0.0500. The summed E-state index contributed by atoms with van der Waals surface area (Å²) < 4.78 is 46.0. The second-order valence-electron chi connectivity index (χ2n) is 7.96. The van der Waals surface area contributed by atoms with Crippen molar-refractivity contribution in [3.05, 3.63) is 0 Å². The SMILES string of the molecule is CC(C)OC[C@H]1O[C@@H](C)CC1OP(=O)(O)OC[C@H]1O[C@@H](C)CC1OC(C)C. The van der Waals surface area contributed by atoms with Crippen LogP contribution < -0.4 is 0 Å². The molecule has 9 heteroatoms. The molecule has 0 aromatic heterocycles. The van der Waals surface area contributed by atoms with Gasteiger partial charge in [-0.2, -0.15) is 0 Å². The number of phosphoric ester groups is 1. The van der Waals surface area contributed by atoms with E-state index in [1.54, 1.807) is 0 Å². The predicted octanol–water partition coefficient (Wildman–Crippen LogP) is 3.06. The van der Waals surface area contributed by atoms with Gasteiger partial charge in [0.1, 0.15) is 18.3 Å². The van der Waals surface area contributed by atoms with E-state index in [1.165, 1.54) is 0 Å². The highest BCUT2D eigenvalue weighted by Gasteiger charge is 2.41. The van der Waals surface area contributed by atoms with Crippen LogP contribution in [0.1, 0.15) is 54.4 Å². The molecule has 0 bridgehead atoms. The van der Waals surface area contributed by atoms with Crippen LogP contribution in [0.15, 0.2) is 0 Å². The first-order valence-electron chi connectivity index (χ1n) is 9.79. The van der Waals surface area contributed by atoms with Gasteiger partial charge in [0.05, 0.1) is 43.7 Å². The summed E-state index contributed by atoms with van der Waals surface area (Å²) in [5, 5.41) is 0. The van der Waals surface area contributed by atoms with E-state index in [1.807, 2.05) is 41.5 Å². The third kappa shape index (κ3) is 7.71. The third-order valence-corrected chi connectivity index (χ3v) is 5.50.